The first-order valence-electron chi connectivity index (χ1n) is 7.90. The second-order valence-corrected chi connectivity index (χ2v) is 5.50. The lowest BCUT2D eigenvalue weighted by atomic mass is 9.88. The van der Waals surface area contributed by atoms with Gasteiger partial charge < -0.3 is 11.1 Å². The van der Waals surface area contributed by atoms with Crippen LogP contribution in [-0.2, 0) is 0 Å². The van der Waals surface area contributed by atoms with E-state index in [0.29, 0.717) is 11.5 Å². The van der Waals surface area contributed by atoms with Gasteiger partial charge in [0.05, 0.1) is 6.04 Å². The second kappa shape index (κ2) is 7.50. The summed E-state index contributed by atoms with van der Waals surface area (Å²) >= 11 is 0. The van der Waals surface area contributed by atoms with Gasteiger partial charge in [-0.1, -0.05) is 12.1 Å². The topological polar surface area (TPSA) is 93.3 Å². The molecule has 3 rings (SSSR count). The van der Waals surface area contributed by atoms with Gasteiger partial charge in [0.15, 0.2) is 5.82 Å². The van der Waals surface area contributed by atoms with Crippen LogP contribution in [0.2, 0.25) is 0 Å². The lowest BCUT2D eigenvalue weighted by molar-refractivity contribution is 0.0936. The Balaban J connectivity index is 1.79. The van der Waals surface area contributed by atoms with Crippen LogP contribution in [0.3, 0.4) is 0 Å². The van der Waals surface area contributed by atoms with Crippen molar-refractivity contribution in [3.05, 3.63) is 66.3 Å². The summed E-state index contributed by atoms with van der Waals surface area (Å²) in [6.45, 7) is 0. The van der Waals surface area contributed by atoms with Gasteiger partial charge >= 0.3 is 0 Å². The average molecular weight is 321 g/mol. The van der Waals surface area contributed by atoms with Gasteiger partial charge in [-0.2, -0.15) is 0 Å². The lowest BCUT2D eigenvalue weighted by Crippen LogP contribution is -2.41. The van der Waals surface area contributed by atoms with Gasteiger partial charge in [-0.15, -0.1) is 0 Å². The molecule has 0 aromatic carbocycles. The molecule has 0 radical (unpaired) electrons. The molecule has 1 fully saturated rings. The van der Waals surface area contributed by atoms with Crippen molar-refractivity contribution >= 4 is 17.4 Å². The number of rotatable bonds is 3. The summed E-state index contributed by atoms with van der Waals surface area (Å²) in [7, 11) is 0. The molecule has 3 N–H and O–H groups in total. The molecular weight excluding hydrogens is 302 g/mol. The number of nitrogens with zero attached hydrogens (tertiary/aromatic N) is 3. The molecule has 1 saturated carbocycles. The zero-order valence-electron chi connectivity index (χ0n) is 13.2. The van der Waals surface area contributed by atoms with E-state index in [9.17, 15) is 4.79 Å². The number of hydrogen-bond acceptors (Lipinski definition) is 5. The average Bonchev–Trinajstić information content (AvgIpc) is 2.63. The zero-order chi connectivity index (χ0) is 16.8. The van der Waals surface area contributed by atoms with Crippen LogP contribution in [0.15, 0.2) is 65.6 Å². The number of nitrogens with one attached hydrogen (secondary N) is 1. The van der Waals surface area contributed by atoms with Gasteiger partial charge in [0.1, 0.15) is 5.69 Å². The van der Waals surface area contributed by atoms with Crippen LogP contribution in [-0.4, -0.2) is 27.6 Å². The summed E-state index contributed by atoms with van der Waals surface area (Å²) in [4.78, 5) is 25.2. The number of amides is 1. The minimum atomic E-state index is -0.209. The van der Waals surface area contributed by atoms with Gasteiger partial charge in [0.25, 0.3) is 5.91 Å². The van der Waals surface area contributed by atoms with Crippen molar-refractivity contribution in [3.63, 3.8) is 0 Å². The van der Waals surface area contributed by atoms with Crippen molar-refractivity contribution in [2.45, 2.75) is 25.3 Å². The maximum Gasteiger partial charge on any atom is 0.270 e. The molecule has 1 aliphatic carbocycles. The Kier molecular flexibility index (Phi) is 4.96. The number of carbonyl (C=O) groups is 1. The molecule has 1 atom stereocenters. The standard InChI is InChI=1S/C18H19N5O/c19-12-13-14(22-17-9-2-4-11-21-17)7-5-8-15(13)23-18(24)16-6-1-3-10-20-16/h1-4,6,9-12,15H,5,7-8,19H2,(H,23,24)/b13-12+,22-14+. The zero-order valence-corrected chi connectivity index (χ0v) is 13.2. The summed E-state index contributed by atoms with van der Waals surface area (Å²) < 4.78 is 0. The molecule has 6 heteroatoms. The summed E-state index contributed by atoms with van der Waals surface area (Å²) in [5, 5.41) is 3.00. The molecular formula is C18H19N5O. The Morgan fingerprint density at radius 1 is 1.21 bits per heavy atom. The van der Waals surface area contributed by atoms with E-state index >= 15 is 0 Å². The minimum absolute atomic E-state index is 0.166. The quantitative estimate of drug-likeness (QED) is 0.907. The van der Waals surface area contributed by atoms with E-state index in [0.717, 1.165) is 30.5 Å². The molecule has 1 unspecified atom stereocenters. The monoisotopic (exact) mass is 321 g/mol. The Morgan fingerprint density at radius 2 is 2.00 bits per heavy atom. The van der Waals surface area contributed by atoms with Crippen LogP contribution >= 0.6 is 0 Å². The van der Waals surface area contributed by atoms with E-state index in [2.05, 4.69) is 20.3 Å². The first-order chi connectivity index (χ1) is 11.8. The van der Waals surface area contributed by atoms with Crippen LogP contribution in [0.4, 0.5) is 5.82 Å². The van der Waals surface area contributed by atoms with E-state index in [-0.39, 0.29) is 11.9 Å². The van der Waals surface area contributed by atoms with Crippen molar-refractivity contribution in [2.75, 3.05) is 0 Å². The first kappa shape index (κ1) is 15.9. The number of hydrogen-bond donors (Lipinski definition) is 2. The minimum Gasteiger partial charge on any atom is -0.404 e. The van der Waals surface area contributed by atoms with Crippen LogP contribution in [0.1, 0.15) is 29.8 Å². The molecule has 0 aliphatic heterocycles. The molecule has 0 bridgehead atoms. The number of pyridine rings is 2. The predicted molar refractivity (Wildman–Crippen MR) is 92.9 cm³/mol. The van der Waals surface area contributed by atoms with E-state index in [1.807, 2.05) is 18.2 Å². The highest BCUT2D eigenvalue weighted by molar-refractivity contribution is 6.04. The summed E-state index contributed by atoms with van der Waals surface area (Å²) in [6.07, 6.45) is 7.40. The van der Waals surface area contributed by atoms with Gasteiger partial charge in [0, 0.05) is 29.9 Å². The van der Waals surface area contributed by atoms with Crippen molar-refractivity contribution in [3.8, 4) is 0 Å². The molecule has 0 saturated heterocycles. The molecule has 1 amide bonds. The lowest BCUT2D eigenvalue weighted by Gasteiger charge is -2.27. The van der Waals surface area contributed by atoms with Gasteiger partial charge in [-0.05, 0) is 43.5 Å². The largest absolute Gasteiger partial charge is 0.404 e. The van der Waals surface area contributed by atoms with Gasteiger partial charge in [-0.3, -0.25) is 9.78 Å². The van der Waals surface area contributed by atoms with Crippen LogP contribution in [0.5, 0.6) is 0 Å². The SMILES string of the molecule is N/C=C1\C(=N\c2ccccn2)CCCC1NC(=O)c1ccccn1. The third-order valence-corrected chi connectivity index (χ3v) is 3.90. The predicted octanol–water partition coefficient (Wildman–Crippen LogP) is 2.37. The normalized spacial score (nSPS) is 20.9. The Hall–Kier alpha value is -3.02. The maximum absolute atomic E-state index is 12.3. The molecule has 0 spiro atoms. The number of aromatic nitrogens is 2. The first-order valence-corrected chi connectivity index (χ1v) is 7.90. The molecule has 2 aromatic rings. The molecule has 6 nitrogen and oxygen atoms in total. The van der Waals surface area contributed by atoms with Crippen LogP contribution < -0.4 is 11.1 Å². The molecule has 2 heterocycles. The van der Waals surface area contributed by atoms with Gasteiger partial charge in [0.2, 0.25) is 0 Å². The molecule has 24 heavy (non-hydrogen) atoms. The fraction of sp³-hybridized carbons (Fsp3) is 0.222. The highest BCUT2D eigenvalue weighted by Crippen LogP contribution is 2.24. The van der Waals surface area contributed by atoms with Crippen molar-refractivity contribution < 1.29 is 4.79 Å². The third kappa shape index (κ3) is 3.65. The molecule has 122 valence electrons. The van der Waals surface area contributed by atoms with Crippen molar-refractivity contribution in [1.29, 1.82) is 0 Å². The van der Waals surface area contributed by atoms with Crippen LogP contribution in [0.25, 0.3) is 0 Å². The summed E-state index contributed by atoms with van der Waals surface area (Å²) in [6, 6.07) is 10.7. The van der Waals surface area contributed by atoms with E-state index in [1.54, 1.807) is 30.6 Å². The van der Waals surface area contributed by atoms with E-state index < -0.39 is 0 Å². The molecule has 2 aromatic heterocycles. The van der Waals surface area contributed by atoms with Crippen LogP contribution in [0, 0.1) is 0 Å². The van der Waals surface area contributed by atoms with E-state index in [4.69, 9.17) is 5.73 Å². The Morgan fingerprint density at radius 3 is 2.67 bits per heavy atom. The van der Waals surface area contributed by atoms with Crippen molar-refractivity contribution in [1.82, 2.24) is 15.3 Å². The number of aliphatic imine (C=N–C) groups is 1. The second-order valence-electron chi connectivity index (χ2n) is 5.50. The van der Waals surface area contributed by atoms with Crippen molar-refractivity contribution in [2.24, 2.45) is 10.7 Å². The number of nitrogens with two attached hydrogens (primary N) is 1. The summed E-state index contributed by atoms with van der Waals surface area (Å²) in [5.74, 6) is 0.433. The molecule has 1 aliphatic rings. The maximum atomic E-state index is 12.3. The fourth-order valence-electron chi connectivity index (χ4n) is 2.74. The fourth-order valence-corrected chi connectivity index (χ4v) is 2.74. The summed E-state index contributed by atoms with van der Waals surface area (Å²) in [5.41, 5.74) is 7.93. The highest BCUT2D eigenvalue weighted by Gasteiger charge is 2.26. The third-order valence-electron chi connectivity index (χ3n) is 3.90. The van der Waals surface area contributed by atoms with Gasteiger partial charge in [-0.25, -0.2) is 9.98 Å². The highest BCUT2D eigenvalue weighted by atomic mass is 16.1. The Labute approximate surface area is 140 Å². The Bertz CT molecular complexity index is 755. The number of carbonyl (C=O) groups excluding carboxylic acids is 1. The smallest absolute Gasteiger partial charge is 0.270 e. The van der Waals surface area contributed by atoms with E-state index in [1.165, 1.54) is 6.20 Å².